The molecule has 0 saturated carbocycles. The van der Waals surface area contributed by atoms with Crippen molar-refractivity contribution in [2.45, 2.75) is 10.9 Å². The lowest BCUT2D eigenvalue weighted by atomic mass is 10.1. The lowest BCUT2D eigenvalue weighted by Gasteiger charge is -2.26. The SMILES string of the molecule is N#Cc1c(N)nc(SCc2csc(N3CCOCC3)n2)nc1-c1ccc2c(c1)OCO2. The van der Waals surface area contributed by atoms with Crippen LogP contribution in [0.2, 0.25) is 0 Å². The Bertz CT molecular complexity index is 1160. The molecule has 0 unspecified atom stereocenters. The quantitative estimate of drug-likeness (QED) is 0.455. The van der Waals surface area contributed by atoms with Crippen molar-refractivity contribution in [3.05, 3.63) is 34.8 Å². The Morgan fingerprint density at radius 2 is 2.00 bits per heavy atom. The molecule has 2 N–H and O–H groups in total. The van der Waals surface area contributed by atoms with Crippen LogP contribution in [0, 0.1) is 11.3 Å². The molecule has 1 saturated heterocycles. The number of ether oxygens (including phenoxy) is 3. The number of nitrogens with two attached hydrogens (primary N) is 1. The van der Waals surface area contributed by atoms with Crippen molar-refractivity contribution in [1.29, 1.82) is 5.26 Å². The van der Waals surface area contributed by atoms with Gasteiger partial charge in [0.1, 0.15) is 17.5 Å². The van der Waals surface area contributed by atoms with E-state index in [1.807, 2.05) is 11.4 Å². The molecule has 0 radical (unpaired) electrons. The van der Waals surface area contributed by atoms with Crippen LogP contribution >= 0.6 is 23.1 Å². The van der Waals surface area contributed by atoms with Crippen LogP contribution < -0.4 is 20.1 Å². The van der Waals surface area contributed by atoms with E-state index >= 15 is 0 Å². The van der Waals surface area contributed by atoms with Gasteiger partial charge in [-0.25, -0.2) is 15.0 Å². The van der Waals surface area contributed by atoms with E-state index in [4.69, 9.17) is 24.9 Å². The monoisotopic (exact) mass is 454 g/mol. The fraction of sp³-hybridized carbons (Fsp3) is 0.300. The van der Waals surface area contributed by atoms with Gasteiger partial charge in [0.25, 0.3) is 0 Å². The minimum Gasteiger partial charge on any atom is -0.454 e. The zero-order valence-electron chi connectivity index (χ0n) is 16.4. The van der Waals surface area contributed by atoms with Crippen molar-refractivity contribution < 1.29 is 14.2 Å². The average Bonchev–Trinajstić information content (AvgIpc) is 3.47. The Balaban J connectivity index is 1.37. The first kappa shape index (κ1) is 19.9. The molecule has 158 valence electrons. The number of nitrogen functional groups attached to an aromatic ring is 1. The molecule has 4 heterocycles. The van der Waals surface area contributed by atoms with Crippen LogP contribution in [0.1, 0.15) is 11.3 Å². The summed E-state index contributed by atoms with van der Waals surface area (Å²) >= 11 is 3.06. The standard InChI is InChI=1S/C20H18N6O3S2/c21-8-14-17(12-1-2-15-16(7-12)29-11-28-15)24-19(25-18(14)22)30-9-13-10-31-20(23-13)26-3-5-27-6-4-26/h1-2,7,10H,3-6,9,11H2,(H2,22,24,25). The largest absolute Gasteiger partial charge is 0.454 e. The maximum atomic E-state index is 9.58. The second-order valence-corrected chi connectivity index (χ2v) is 8.58. The van der Waals surface area contributed by atoms with Gasteiger partial charge in [-0.2, -0.15) is 5.26 Å². The summed E-state index contributed by atoms with van der Waals surface area (Å²) in [6.07, 6.45) is 0. The summed E-state index contributed by atoms with van der Waals surface area (Å²) in [6, 6.07) is 7.54. The summed E-state index contributed by atoms with van der Waals surface area (Å²) in [7, 11) is 0. The van der Waals surface area contributed by atoms with Crippen molar-refractivity contribution >= 4 is 34.0 Å². The van der Waals surface area contributed by atoms with Gasteiger partial charge in [0.2, 0.25) is 6.79 Å². The Morgan fingerprint density at radius 1 is 1.16 bits per heavy atom. The summed E-state index contributed by atoms with van der Waals surface area (Å²) in [5.41, 5.74) is 8.47. The number of morpholine rings is 1. The fourth-order valence-electron chi connectivity index (χ4n) is 3.29. The van der Waals surface area contributed by atoms with Crippen molar-refractivity contribution in [2.24, 2.45) is 0 Å². The maximum absolute atomic E-state index is 9.58. The van der Waals surface area contributed by atoms with Gasteiger partial charge in [0, 0.05) is 29.8 Å². The lowest BCUT2D eigenvalue weighted by molar-refractivity contribution is 0.122. The zero-order chi connectivity index (χ0) is 21.2. The van der Waals surface area contributed by atoms with E-state index in [-0.39, 0.29) is 18.2 Å². The molecule has 2 aromatic heterocycles. The molecule has 2 aliphatic rings. The Hall–Kier alpha value is -3.07. The van der Waals surface area contributed by atoms with Gasteiger partial charge in [-0.1, -0.05) is 11.8 Å². The van der Waals surface area contributed by atoms with Crippen molar-refractivity contribution in [3.8, 4) is 28.8 Å². The van der Waals surface area contributed by atoms with Crippen LogP contribution in [0.4, 0.5) is 10.9 Å². The molecule has 31 heavy (non-hydrogen) atoms. The number of nitriles is 1. The number of benzene rings is 1. The van der Waals surface area contributed by atoms with Crippen molar-refractivity contribution in [2.75, 3.05) is 43.7 Å². The second-order valence-electron chi connectivity index (χ2n) is 6.80. The highest BCUT2D eigenvalue weighted by Gasteiger charge is 2.20. The van der Waals surface area contributed by atoms with E-state index in [0.717, 1.165) is 42.7 Å². The van der Waals surface area contributed by atoms with Crippen LogP contribution in [-0.4, -0.2) is 48.0 Å². The highest BCUT2D eigenvalue weighted by molar-refractivity contribution is 7.98. The normalized spacial score (nSPS) is 15.1. The Labute approximate surface area is 186 Å². The number of nitrogens with zero attached hydrogens (tertiary/aromatic N) is 5. The van der Waals surface area contributed by atoms with E-state index in [1.54, 1.807) is 23.5 Å². The van der Waals surface area contributed by atoms with Crippen molar-refractivity contribution in [1.82, 2.24) is 15.0 Å². The van der Waals surface area contributed by atoms with Crippen LogP contribution in [0.25, 0.3) is 11.3 Å². The summed E-state index contributed by atoms with van der Waals surface area (Å²) in [6.45, 7) is 3.34. The topological polar surface area (TPSA) is 119 Å². The van der Waals surface area contributed by atoms with Crippen molar-refractivity contribution in [3.63, 3.8) is 0 Å². The summed E-state index contributed by atoms with van der Waals surface area (Å²) in [4.78, 5) is 15.9. The zero-order valence-corrected chi connectivity index (χ0v) is 18.0. The van der Waals surface area contributed by atoms with Gasteiger partial charge in [0.05, 0.1) is 24.6 Å². The minimum atomic E-state index is 0.153. The van der Waals surface area contributed by atoms with E-state index in [9.17, 15) is 5.26 Å². The molecule has 9 nitrogen and oxygen atoms in total. The molecule has 5 rings (SSSR count). The Morgan fingerprint density at radius 3 is 2.84 bits per heavy atom. The molecular weight excluding hydrogens is 436 g/mol. The van der Waals surface area contributed by atoms with Crippen LogP contribution in [0.5, 0.6) is 11.5 Å². The number of hydrogen-bond acceptors (Lipinski definition) is 11. The van der Waals surface area contributed by atoms with E-state index in [1.165, 1.54) is 11.8 Å². The molecule has 1 aromatic carbocycles. The first-order chi connectivity index (χ1) is 15.2. The predicted octanol–water partition coefficient (Wildman–Crippen LogP) is 2.91. The van der Waals surface area contributed by atoms with Crippen LogP contribution in [0.3, 0.4) is 0 Å². The van der Waals surface area contributed by atoms with Gasteiger partial charge >= 0.3 is 0 Å². The third-order valence-corrected chi connectivity index (χ3v) is 6.68. The highest BCUT2D eigenvalue weighted by Crippen LogP contribution is 2.37. The molecule has 0 amide bonds. The summed E-state index contributed by atoms with van der Waals surface area (Å²) in [5, 5.41) is 13.1. The van der Waals surface area contributed by atoms with E-state index in [0.29, 0.717) is 28.1 Å². The number of thiazole rings is 1. The highest BCUT2D eigenvalue weighted by atomic mass is 32.2. The molecule has 3 aromatic rings. The van der Waals surface area contributed by atoms with Crippen LogP contribution in [-0.2, 0) is 10.5 Å². The number of anilines is 2. The number of fused-ring (bicyclic) bond motifs is 1. The summed E-state index contributed by atoms with van der Waals surface area (Å²) < 4.78 is 16.2. The van der Waals surface area contributed by atoms with Gasteiger partial charge in [-0.3, -0.25) is 0 Å². The van der Waals surface area contributed by atoms with Gasteiger partial charge in [-0.05, 0) is 18.2 Å². The molecule has 1 fully saturated rings. The predicted molar refractivity (Wildman–Crippen MR) is 117 cm³/mol. The minimum absolute atomic E-state index is 0.153. The number of rotatable bonds is 5. The molecule has 0 aliphatic carbocycles. The van der Waals surface area contributed by atoms with Gasteiger partial charge in [-0.15, -0.1) is 11.3 Å². The van der Waals surface area contributed by atoms with E-state index < -0.39 is 0 Å². The summed E-state index contributed by atoms with van der Waals surface area (Å²) in [5.74, 6) is 2.04. The average molecular weight is 455 g/mol. The maximum Gasteiger partial charge on any atom is 0.231 e. The number of hydrogen-bond donors (Lipinski definition) is 1. The first-order valence-corrected chi connectivity index (χ1v) is 11.5. The third-order valence-electron chi connectivity index (χ3n) is 4.84. The molecule has 11 heteroatoms. The third kappa shape index (κ3) is 4.10. The molecule has 0 atom stereocenters. The van der Waals surface area contributed by atoms with Crippen LogP contribution in [0.15, 0.2) is 28.7 Å². The molecule has 2 aliphatic heterocycles. The number of aromatic nitrogens is 3. The molecular formula is C20H18N6O3S2. The lowest BCUT2D eigenvalue weighted by Crippen LogP contribution is -2.36. The molecule has 0 bridgehead atoms. The molecule has 0 spiro atoms. The van der Waals surface area contributed by atoms with Gasteiger partial charge < -0.3 is 24.8 Å². The smallest absolute Gasteiger partial charge is 0.231 e. The van der Waals surface area contributed by atoms with E-state index in [2.05, 4.69) is 20.9 Å². The Kier molecular flexibility index (Phi) is 5.50. The number of thioether (sulfide) groups is 1. The first-order valence-electron chi connectivity index (χ1n) is 9.59. The van der Waals surface area contributed by atoms with Gasteiger partial charge in [0.15, 0.2) is 21.8 Å². The fourth-order valence-corrected chi connectivity index (χ4v) is 5.01. The second kappa shape index (κ2) is 8.58.